The van der Waals surface area contributed by atoms with E-state index in [9.17, 15) is 18.0 Å². The molecule has 2 nitrogen and oxygen atoms in total. The Morgan fingerprint density at radius 3 is 2.50 bits per heavy atom. The summed E-state index contributed by atoms with van der Waals surface area (Å²) >= 11 is 5.71. The van der Waals surface area contributed by atoms with Crippen molar-refractivity contribution in [2.24, 2.45) is 0 Å². The topological polar surface area (TPSA) is 29.1 Å². The van der Waals surface area contributed by atoms with E-state index in [0.717, 1.165) is 6.42 Å². The molecule has 0 aliphatic heterocycles. The van der Waals surface area contributed by atoms with Crippen LogP contribution in [0.1, 0.15) is 26.2 Å². The number of nitrogens with one attached hydrogen (secondary N) is 1. The lowest BCUT2D eigenvalue weighted by atomic mass is 10.2. The normalized spacial score (nSPS) is 13.8. The van der Waals surface area contributed by atoms with E-state index in [-0.39, 0.29) is 11.9 Å². The molecule has 1 unspecified atom stereocenters. The Labute approximate surface area is 85.8 Å². The standard InChI is InChI=1S/C8H13ClF3NO/c1-2-6(9)3-4-13-7(14)5-8(10,11)12/h6H,2-5H2,1H3,(H,13,14). The molecule has 0 spiro atoms. The van der Waals surface area contributed by atoms with Crippen molar-refractivity contribution in [3.63, 3.8) is 0 Å². The van der Waals surface area contributed by atoms with Crippen LogP contribution in [0, 0.1) is 0 Å². The van der Waals surface area contributed by atoms with E-state index in [1.807, 2.05) is 6.92 Å². The molecule has 0 radical (unpaired) electrons. The van der Waals surface area contributed by atoms with Gasteiger partial charge in [0.25, 0.3) is 0 Å². The molecular formula is C8H13ClF3NO. The van der Waals surface area contributed by atoms with Crippen molar-refractivity contribution in [2.45, 2.75) is 37.7 Å². The summed E-state index contributed by atoms with van der Waals surface area (Å²) in [4.78, 5) is 10.7. The molecule has 0 saturated carbocycles. The van der Waals surface area contributed by atoms with Crippen LogP contribution in [0.3, 0.4) is 0 Å². The van der Waals surface area contributed by atoms with Gasteiger partial charge in [-0.1, -0.05) is 6.92 Å². The van der Waals surface area contributed by atoms with Crippen molar-refractivity contribution < 1.29 is 18.0 Å². The van der Waals surface area contributed by atoms with Gasteiger partial charge in [-0.2, -0.15) is 13.2 Å². The molecule has 1 N–H and O–H groups in total. The molecule has 0 aromatic carbocycles. The van der Waals surface area contributed by atoms with Crippen LogP contribution in [0.4, 0.5) is 13.2 Å². The first-order chi connectivity index (χ1) is 6.35. The third-order valence-corrected chi connectivity index (χ3v) is 2.11. The maximum absolute atomic E-state index is 11.7. The van der Waals surface area contributed by atoms with Gasteiger partial charge in [0.15, 0.2) is 0 Å². The summed E-state index contributed by atoms with van der Waals surface area (Å²) in [7, 11) is 0. The van der Waals surface area contributed by atoms with E-state index in [2.05, 4.69) is 5.32 Å². The Morgan fingerprint density at radius 1 is 1.50 bits per heavy atom. The van der Waals surface area contributed by atoms with Crippen LogP contribution in [-0.2, 0) is 4.79 Å². The Bertz CT molecular complexity index is 184. The molecule has 6 heteroatoms. The minimum absolute atomic E-state index is 0.0961. The summed E-state index contributed by atoms with van der Waals surface area (Å²) in [5.74, 6) is -1.00. The second-order valence-corrected chi connectivity index (χ2v) is 3.55. The number of carbonyl (C=O) groups is 1. The first-order valence-corrected chi connectivity index (χ1v) is 4.76. The van der Waals surface area contributed by atoms with Gasteiger partial charge < -0.3 is 5.32 Å². The van der Waals surface area contributed by atoms with E-state index in [1.165, 1.54) is 0 Å². The van der Waals surface area contributed by atoms with Crippen molar-refractivity contribution in [2.75, 3.05) is 6.54 Å². The molecular weight excluding hydrogens is 219 g/mol. The van der Waals surface area contributed by atoms with Gasteiger partial charge in [0.2, 0.25) is 5.91 Å². The maximum Gasteiger partial charge on any atom is 0.397 e. The van der Waals surface area contributed by atoms with E-state index >= 15 is 0 Å². The average Bonchev–Trinajstić information content (AvgIpc) is 2.00. The van der Waals surface area contributed by atoms with Crippen LogP contribution >= 0.6 is 11.6 Å². The predicted molar refractivity (Wildman–Crippen MR) is 48.2 cm³/mol. The Hall–Kier alpha value is -0.450. The summed E-state index contributed by atoms with van der Waals surface area (Å²) < 4.78 is 35.0. The molecule has 1 atom stereocenters. The summed E-state index contributed by atoms with van der Waals surface area (Å²) in [6.45, 7) is 2.06. The van der Waals surface area contributed by atoms with Crippen molar-refractivity contribution in [1.82, 2.24) is 5.32 Å². The smallest absolute Gasteiger partial charge is 0.356 e. The zero-order valence-corrected chi connectivity index (χ0v) is 8.58. The number of rotatable bonds is 5. The maximum atomic E-state index is 11.7. The Kier molecular flexibility index (Phi) is 5.92. The molecule has 0 aliphatic rings. The fourth-order valence-corrected chi connectivity index (χ4v) is 0.926. The van der Waals surface area contributed by atoms with Crippen molar-refractivity contribution >= 4 is 17.5 Å². The molecule has 0 aromatic heterocycles. The van der Waals surface area contributed by atoms with Crippen LogP contribution < -0.4 is 5.32 Å². The average molecular weight is 232 g/mol. The molecule has 84 valence electrons. The van der Waals surface area contributed by atoms with Crippen LogP contribution in [0.2, 0.25) is 0 Å². The summed E-state index contributed by atoms with van der Waals surface area (Å²) in [5.41, 5.74) is 0. The van der Waals surface area contributed by atoms with E-state index in [4.69, 9.17) is 11.6 Å². The number of hydrogen-bond acceptors (Lipinski definition) is 1. The highest BCUT2D eigenvalue weighted by Crippen LogP contribution is 2.18. The Balaban J connectivity index is 3.55. The van der Waals surface area contributed by atoms with Gasteiger partial charge in [0, 0.05) is 11.9 Å². The lowest BCUT2D eigenvalue weighted by Crippen LogP contribution is -2.30. The van der Waals surface area contributed by atoms with Crippen molar-refractivity contribution in [3.8, 4) is 0 Å². The largest absolute Gasteiger partial charge is 0.397 e. The van der Waals surface area contributed by atoms with E-state index < -0.39 is 18.5 Å². The number of halogens is 4. The molecule has 14 heavy (non-hydrogen) atoms. The van der Waals surface area contributed by atoms with Gasteiger partial charge in [-0.15, -0.1) is 11.6 Å². The third kappa shape index (κ3) is 8.16. The third-order valence-electron chi connectivity index (χ3n) is 1.58. The van der Waals surface area contributed by atoms with Crippen LogP contribution in [0.5, 0.6) is 0 Å². The minimum atomic E-state index is -4.44. The van der Waals surface area contributed by atoms with Gasteiger partial charge in [-0.25, -0.2) is 0 Å². The Morgan fingerprint density at radius 2 is 2.07 bits per heavy atom. The van der Waals surface area contributed by atoms with Crippen molar-refractivity contribution in [1.29, 1.82) is 0 Å². The molecule has 0 rings (SSSR count). The quantitative estimate of drug-likeness (QED) is 0.724. The molecule has 0 aromatic rings. The van der Waals surface area contributed by atoms with Gasteiger partial charge in [0.05, 0.1) is 0 Å². The minimum Gasteiger partial charge on any atom is -0.356 e. The van der Waals surface area contributed by atoms with Crippen molar-refractivity contribution in [3.05, 3.63) is 0 Å². The van der Waals surface area contributed by atoms with Crippen LogP contribution in [-0.4, -0.2) is 24.0 Å². The molecule has 0 aliphatic carbocycles. The lowest BCUT2D eigenvalue weighted by Gasteiger charge is -2.09. The summed E-state index contributed by atoms with van der Waals surface area (Å²) in [6, 6.07) is 0. The number of amides is 1. The fourth-order valence-electron chi connectivity index (χ4n) is 0.817. The SMILES string of the molecule is CCC(Cl)CCNC(=O)CC(F)(F)F. The van der Waals surface area contributed by atoms with E-state index in [0.29, 0.717) is 6.42 Å². The number of carbonyl (C=O) groups excluding carboxylic acids is 1. The van der Waals surface area contributed by atoms with E-state index in [1.54, 1.807) is 0 Å². The summed E-state index contributed by atoms with van der Waals surface area (Å²) in [5, 5.41) is 2.06. The second kappa shape index (κ2) is 6.11. The molecule has 0 bridgehead atoms. The fraction of sp³-hybridized carbons (Fsp3) is 0.875. The van der Waals surface area contributed by atoms with Gasteiger partial charge in [0.1, 0.15) is 6.42 Å². The second-order valence-electron chi connectivity index (χ2n) is 2.94. The molecule has 1 amide bonds. The van der Waals surface area contributed by atoms with Gasteiger partial charge in [-0.3, -0.25) is 4.79 Å². The molecule has 0 saturated heterocycles. The first-order valence-electron chi connectivity index (χ1n) is 4.32. The zero-order valence-electron chi connectivity index (χ0n) is 7.83. The number of hydrogen-bond donors (Lipinski definition) is 1. The predicted octanol–water partition coefficient (Wildman–Crippen LogP) is 2.46. The molecule has 0 heterocycles. The highest BCUT2D eigenvalue weighted by molar-refractivity contribution is 6.20. The van der Waals surface area contributed by atoms with Gasteiger partial charge in [-0.05, 0) is 12.8 Å². The van der Waals surface area contributed by atoms with Gasteiger partial charge >= 0.3 is 6.18 Å². The highest BCUT2D eigenvalue weighted by atomic mass is 35.5. The number of alkyl halides is 4. The highest BCUT2D eigenvalue weighted by Gasteiger charge is 2.30. The zero-order chi connectivity index (χ0) is 11.2. The first kappa shape index (κ1) is 13.5. The lowest BCUT2D eigenvalue weighted by molar-refractivity contribution is -0.153. The molecule has 0 fully saturated rings. The van der Waals surface area contributed by atoms with Crippen LogP contribution in [0.25, 0.3) is 0 Å². The monoisotopic (exact) mass is 231 g/mol. The van der Waals surface area contributed by atoms with Crippen LogP contribution in [0.15, 0.2) is 0 Å². The summed E-state index contributed by atoms with van der Waals surface area (Å²) in [6.07, 6.45) is -4.64.